The Balaban J connectivity index is 1.67. The van der Waals surface area contributed by atoms with Crippen molar-refractivity contribution in [2.45, 2.75) is 11.4 Å². The van der Waals surface area contributed by atoms with Gasteiger partial charge in [-0.2, -0.15) is 0 Å². The molecule has 0 N–H and O–H groups in total. The third kappa shape index (κ3) is 2.99. The van der Waals surface area contributed by atoms with E-state index in [1.54, 1.807) is 36.0 Å². The van der Waals surface area contributed by atoms with Crippen molar-refractivity contribution >= 4 is 58.0 Å². The van der Waals surface area contributed by atoms with Crippen molar-refractivity contribution in [3.8, 4) is 5.75 Å². The summed E-state index contributed by atoms with van der Waals surface area (Å²) in [6, 6.07) is 11.1. The van der Waals surface area contributed by atoms with Gasteiger partial charge < -0.3 is 9.64 Å². The summed E-state index contributed by atoms with van der Waals surface area (Å²) in [4.78, 5) is 27.0. The Morgan fingerprint density at radius 3 is 2.79 bits per heavy atom. The van der Waals surface area contributed by atoms with Crippen LogP contribution in [-0.2, 0) is 4.79 Å². The number of nitro benzene ring substituents is 1. The number of amides is 1. The van der Waals surface area contributed by atoms with Gasteiger partial charge in [-0.25, -0.2) is 0 Å². The van der Waals surface area contributed by atoms with Crippen LogP contribution in [0.5, 0.6) is 5.75 Å². The molecule has 1 amide bonds. The first-order valence-corrected chi connectivity index (χ1v) is 10.1. The standard InChI is InChI=1S/C18H14ClN3O4S2/c1-26-15-6-5-11(8-13(15)19)20-16(23)14-9-28-17(21(14)18(20)27)10-3-2-4-12(7-10)22(24)25/h2-8,14,17H,9H2,1H3/t14-,17-/m1/s1. The SMILES string of the molecule is COc1ccc(N2C(=O)[C@H]3CS[C@H](c4cccc([N+](=O)[O-])c4)N3C2=S)cc1Cl. The summed E-state index contributed by atoms with van der Waals surface area (Å²) in [5.74, 6) is 0.923. The topological polar surface area (TPSA) is 75.9 Å². The number of anilines is 1. The monoisotopic (exact) mass is 435 g/mol. The molecule has 0 bridgehead atoms. The quantitative estimate of drug-likeness (QED) is 0.408. The summed E-state index contributed by atoms with van der Waals surface area (Å²) in [7, 11) is 1.52. The minimum atomic E-state index is -0.431. The average molecular weight is 436 g/mol. The highest BCUT2D eigenvalue weighted by Crippen LogP contribution is 2.47. The number of methoxy groups -OCH3 is 1. The van der Waals surface area contributed by atoms with Crippen LogP contribution in [0.2, 0.25) is 5.02 Å². The van der Waals surface area contributed by atoms with Crippen LogP contribution >= 0.6 is 35.6 Å². The average Bonchev–Trinajstić information content (AvgIpc) is 3.22. The minimum absolute atomic E-state index is 0.0109. The molecule has 28 heavy (non-hydrogen) atoms. The van der Waals surface area contributed by atoms with E-state index in [4.69, 9.17) is 28.6 Å². The van der Waals surface area contributed by atoms with Crippen molar-refractivity contribution in [1.82, 2.24) is 4.90 Å². The van der Waals surface area contributed by atoms with Gasteiger partial charge in [0.25, 0.3) is 11.6 Å². The van der Waals surface area contributed by atoms with Crippen molar-refractivity contribution in [1.29, 1.82) is 0 Å². The van der Waals surface area contributed by atoms with E-state index in [0.29, 0.717) is 27.3 Å². The summed E-state index contributed by atoms with van der Waals surface area (Å²) in [5.41, 5.74) is 1.32. The molecule has 0 radical (unpaired) electrons. The largest absolute Gasteiger partial charge is 0.495 e. The molecular formula is C18H14ClN3O4S2. The molecule has 2 aliphatic rings. The van der Waals surface area contributed by atoms with Crippen LogP contribution in [-0.4, -0.2) is 39.7 Å². The summed E-state index contributed by atoms with van der Waals surface area (Å²) in [5, 5.41) is 11.6. The van der Waals surface area contributed by atoms with E-state index in [0.717, 1.165) is 5.56 Å². The van der Waals surface area contributed by atoms with Crippen molar-refractivity contribution in [2.75, 3.05) is 17.8 Å². The Morgan fingerprint density at radius 2 is 2.11 bits per heavy atom. The van der Waals surface area contributed by atoms with Gasteiger partial charge in [0, 0.05) is 17.9 Å². The second-order valence-electron chi connectivity index (χ2n) is 6.24. The van der Waals surface area contributed by atoms with Crippen LogP contribution in [0.3, 0.4) is 0 Å². The highest BCUT2D eigenvalue weighted by molar-refractivity contribution is 7.99. The second kappa shape index (κ2) is 7.23. The number of nitrogens with zero attached hydrogens (tertiary/aromatic N) is 3. The fourth-order valence-electron chi connectivity index (χ4n) is 3.37. The molecule has 2 aromatic rings. The number of hydrogen-bond acceptors (Lipinski definition) is 6. The molecule has 4 rings (SSSR count). The van der Waals surface area contributed by atoms with Crippen LogP contribution in [0.4, 0.5) is 11.4 Å². The molecule has 2 atom stereocenters. The van der Waals surface area contributed by atoms with Gasteiger partial charge in [-0.1, -0.05) is 23.7 Å². The lowest BCUT2D eigenvalue weighted by atomic mass is 10.1. The Kier molecular flexibility index (Phi) is 4.90. The van der Waals surface area contributed by atoms with Gasteiger partial charge in [-0.05, 0) is 36.0 Å². The number of hydrogen-bond donors (Lipinski definition) is 0. The molecule has 2 heterocycles. The molecule has 0 spiro atoms. The van der Waals surface area contributed by atoms with E-state index < -0.39 is 11.0 Å². The molecule has 0 aliphatic carbocycles. The Bertz CT molecular complexity index is 1000. The maximum absolute atomic E-state index is 13.0. The van der Waals surface area contributed by atoms with E-state index >= 15 is 0 Å². The first kappa shape index (κ1) is 19.0. The number of benzene rings is 2. The predicted octanol–water partition coefficient (Wildman–Crippen LogP) is 4.00. The van der Waals surface area contributed by atoms with Crippen molar-refractivity contribution in [2.24, 2.45) is 0 Å². The molecule has 2 aromatic carbocycles. The normalized spacial score (nSPS) is 21.2. The number of carbonyl (C=O) groups excluding carboxylic acids is 1. The molecule has 0 saturated carbocycles. The lowest BCUT2D eigenvalue weighted by Gasteiger charge is -2.25. The van der Waals surface area contributed by atoms with E-state index in [9.17, 15) is 14.9 Å². The smallest absolute Gasteiger partial charge is 0.269 e. The van der Waals surface area contributed by atoms with E-state index in [1.807, 2.05) is 11.0 Å². The van der Waals surface area contributed by atoms with E-state index in [1.165, 1.54) is 24.1 Å². The molecule has 10 heteroatoms. The maximum Gasteiger partial charge on any atom is 0.269 e. The Hall–Kier alpha value is -2.36. The number of carbonyl (C=O) groups is 1. The van der Waals surface area contributed by atoms with E-state index in [-0.39, 0.29) is 17.0 Å². The summed E-state index contributed by atoms with van der Waals surface area (Å²) >= 11 is 13.4. The highest BCUT2D eigenvalue weighted by Gasteiger charge is 2.51. The summed E-state index contributed by atoms with van der Waals surface area (Å²) in [6.07, 6.45) is 0. The van der Waals surface area contributed by atoms with Crippen LogP contribution in [0.15, 0.2) is 42.5 Å². The lowest BCUT2D eigenvalue weighted by molar-refractivity contribution is -0.384. The number of fused-ring (bicyclic) bond motifs is 1. The molecular weight excluding hydrogens is 422 g/mol. The first-order valence-electron chi connectivity index (χ1n) is 8.28. The number of thiocarbonyl (C=S) groups is 1. The number of halogens is 1. The molecule has 2 saturated heterocycles. The first-order chi connectivity index (χ1) is 13.4. The van der Waals surface area contributed by atoms with Gasteiger partial charge in [0.15, 0.2) is 5.11 Å². The fraction of sp³-hybridized carbons (Fsp3) is 0.222. The molecule has 0 unspecified atom stereocenters. The van der Waals surface area contributed by atoms with Crippen molar-refractivity contribution in [3.05, 3.63) is 63.2 Å². The zero-order valence-corrected chi connectivity index (χ0v) is 17.0. The third-order valence-electron chi connectivity index (χ3n) is 4.68. The number of thioether (sulfide) groups is 1. The Morgan fingerprint density at radius 1 is 1.32 bits per heavy atom. The van der Waals surface area contributed by atoms with Crippen molar-refractivity contribution < 1.29 is 14.5 Å². The van der Waals surface area contributed by atoms with Gasteiger partial charge in [0.2, 0.25) is 0 Å². The van der Waals surface area contributed by atoms with E-state index in [2.05, 4.69) is 0 Å². The Labute approximate surface area is 175 Å². The van der Waals surface area contributed by atoms with Crippen molar-refractivity contribution in [3.63, 3.8) is 0 Å². The maximum atomic E-state index is 13.0. The zero-order valence-electron chi connectivity index (χ0n) is 14.6. The van der Waals surface area contributed by atoms with Gasteiger partial charge in [-0.3, -0.25) is 19.8 Å². The lowest BCUT2D eigenvalue weighted by Crippen LogP contribution is -2.33. The number of rotatable bonds is 4. The van der Waals surface area contributed by atoms with Gasteiger partial charge in [0.05, 0.1) is 22.7 Å². The summed E-state index contributed by atoms with van der Waals surface area (Å²) < 4.78 is 5.16. The van der Waals surface area contributed by atoms with Gasteiger partial charge >= 0.3 is 0 Å². The molecule has 2 aliphatic heterocycles. The van der Waals surface area contributed by atoms with Crippen LogP contribution in [0, 0.1) is 10.1 Å². The van der Waals surface area contributed by atoms with Gasteiger partial charge in [-0.15, -0.1) is 11.8 Å². The summed E-state index contributed by atoms with van der Waals surface area (Å²) in [6.45, 7) is 0. The van der Waals surface area contributed by atoms with Crippen LogP contribution < -0.4 is 9.64 Å². The van der Waals surface area contributed by atoms with Gasteiger partial charge in [0.1, 0.15) is 17.2 Å². The number of non-ortho nitro benzene ring substituents is 1. The zero-order chi connectivity index (χ0) is 20.0. The predicted molar refractivity (Wildman–Crippen MR) is 112 cm³/mol. The third-order valence-corrected chi connectivity index (χ3v) is 6.69. The van der Waals surface area contributed by atoms with Crippen LogP contribution in [0.25, 0.3) is 0 Å². The molecule has 0 aromatic heterocycles. The second-order valence-corrected chi connectivity index (χ2v) is 8.12. The minimum Gasteiger partial charge on any atom is -0.495 e. The fourth-order valence-corrected chi connectivity index (χ4v) is 5.53. The highest BCUT2D eigenvalue weighted by atomic mass is 35.5. The number of nitro groups is 1. The molecule has 7 nitrogen and oxygen atoms in total. The number of ether oxygens (including phenoxy) is 1. The van der Waals surface area contributed by atoms with Crippen LogP contribution in [0.1, 0.15) is 10.9 Å². The molecule has 144 valence electrons. The molecule has 2 fully saturated rings.